The highest BCUT2D eigenvalue weighted by Gasteiger charge is 2.27. The van der Waals surface area contributed by atoms with E-state index in [9.17, 15) is 4.39 Å². The number of aromatic amines is 2. The zero-order chi connectivity index (χ0) is 23.1. The fraction of sp³-hybridized carbons (Fsp3) is 0.417. The second-order valence-corrected chi connectivity index (χ2v) is 9.24. The maximum atomic E-state index is 13.6. The van der Waals surface area contributed by atoms with Crippen LogP contribution in [0.1, 0.15) is 30.9 Å². The third kappa shape index (κ3) is 4.03. The van der Waals surface area contributed by atoms with Crippen molar-refractivity contribution in [3.05, 3.63) is 42.1 Å². The fourth-order valence-electron chi connectivity index (χ4n) is 5.10. The molecule has 0 bridgehead atoms. The molecule has 4 N–H and O–H groups in total. The summed E-state index contributed by atoms with van der Waals surface area (Å²) in [5.41, 5.74) is 10.5. The Morgan fingerprint density at radius 1 is 1.15 bits per heavy atom. The van der Waals surface area contributed by atoms with E-state index in [0.29, 0.717) is 40.1 Å². The van der Waals surface area contributed by atoms with Gasteiger partial charge in [-0.15, -0.1) is 0 Å². The molecule has 4 aromatic rings. The third-order valence-electron chi connectivity index (χ3n) is 6.95. The Kier molecular flexibility index (Phi) is 5.46. The van der Waals surface area contributed by atoms with Gasteiger partial charge in [0.1, 0.15) is 11.5 Å². The second-order valence-electron chi connectivity index (χ2n) is 9.24. The summed E-state index contributed by atoms with van der Waals surface area (Å²) in [6.45, 7) is 5.04. The monoisotopic (exact) mass is 462 g/mol. The van der Waals surface area contributed by atoms with E-state index < -0.39 is 0 Å². The maximum absolute atomic E-state index is 13.6. The van der Waals surface area contributed by atoms with E-state index in [-0.39, 0.29) is 11.6 Å². The smallest absolute Gasteiger partial charge is 0.161 e. The summed E-state index contributed by atoms with van der Waals surface area (Å²) < 4.78 is 19.1. The predicted molar refractivity (Wildman–Crippen MR) is 126 cm³/mol. The van der Waals surface area contributed by atoms with Crippen molar-refractivity contribution in [3.63, 3.8) is 0 Å². The molecule has 0 amide bonds. The Morgan fingerprint density at radius 2 is 2.03 bits per heavy atom. The van der Waals surface area contributed by atoms with Crippen LogP contribution in [-0.2, 0) is 4.74 Å². The summed E-state index contributed by atoms with van der Waals surface area (Å²) in [4.78, 5) is 19.3. The number of hydrogen-bond acceptors (Lipinski definition) is 7. The van der Waals surface area contributed by atoms with Crippen molar-refractivity contribution in [2.24, 2.45) is 5.92 Å². The van der Waals surface area contributed by atoms with Gasteiger partial charge in [0, 0.05) is 30.3 Å². The predicted octanol–water partition coefficient (Wildman–Crippen LogP) is 3.35. The molecule has 0 aliphatic carbocycles. The molecule has 10 heteroatoms. The molecule has 34 heavy (non-hydrogen) atoms. The molecule has 0 radical (unpaired) electrons. The highest BCUT2D eigenvalue weighted by Crippen LogP contribution is 2.35. The molecular weight excluding hydrogens is 435 g/mol. The minimum absolute atomic E-state index is 0.262. The van der Waals surface area contributed by atoms with Gasteiger partial charge in [0.25, 0.3) is 0 Å². The van der Waals surface area contributed by atoms with Crippen molar-refractivity contribution in [2.45, 2.75) is 25.2 Å². The number of hydrogen-bond donors (Lipinski definition) is 3. The highest BCUT2D eigenvalue weighted by atomic mass is 19.1. The highest BCUT2D eigenvalue weighted by molar-refractivity contribution is 5.81. The third-order valence-corrected chi connectivity index (χ3v) is 6.95. The van der Waals surface area contributed by atoms with Crippen molar-refractivity contribution in [3.8, 4) is 22.8 Å². The van der Waals surface area contributed by atoms with Crippen molar-refractivity contribution in [2.75, 3.05) is 38.6 Å². The number of ether oxygens (including phenoxy) is 1. The number of H-pyrrole nitrogens is 2. The summed E-state index contributed by atoms with van der Waals surface area (Å²) in [6, 6.07) is 4.40. The van der Waals surface area contributed by atoms with Gasteiger partial charge in [-0.3, -0.25) is 5.10 Å². The summed E-state index contributed by atoms with van der Waals surface area (Å²) in [6.07, 6.45) is 6.77. The normalized spacial score (nSPS) is 19.9. The molecule has 0 spiro atoms. The molecule has 2 fully saturated rings. The zero-order valence-corrected chi connectivity index (χ0v) is 18.8. The Bertz CT molecular complexity index is 1300. The molecule has 2 saturated heterocycles. The van der Waals surface area contributed by atoms with E-state index in [1.807, 2.05) is 0 Å². The number of nitrogens with one attached hydrogen (secondary N) is 2. The van der Waals surface area contributed by atoms with Crippen LogP contribution in [0.25, 0.3) is 33.8 Å². The minimum atomic E-state index is -0.332. The van der Waals surface area contributed by atoms with Gasteiger partial charge in [0.15, 0.2) is 11.6 Å². The van der Waals surface area contributed by atoms with Gasteiger partial charge in [-0.1, -0.05) is 0 Å². The average molecular weight is 463 g/mol. The lowest BCUT2D eigenvalue weighted by Crippen LogP contribution is -2.36. The Labute approximate surface area is 196 Å². The zero-order valence-electron chi connectivity index (χ0n) is 18.8. The summed E-state index contributed by atoms with van der Waals surface area (Å²) in [5.74, 6) is 1.43. The molecule has 1 aromatic carbocycles. The maximum Gasteiger partial charge on any atom is 0.161 e. The topological polar surface area (TPSA) is 122 Å². The first-order chi connectivity index (χ1) is 16.6. The number of aromatic nitrogens is 6. The van der Waals surface area contributed by atoms with Gasteiger partial charge in [-0.25, -0.2) is 19.3 Å². The standard InChI is InChI=1S/C24H27FN8O/c25-16-1-2-18-19(9-16)31-24(30-18)22-23(26)27-11-20(29-22)17-10-28-32-21(17)15-3-6-33(7-4-15)12-14-5-8-34-13-14/h1-2,9-11,14-15H,3-8,12-13H2,(H2,26,27)(H,28,32)(H,30,31). The minimum Gasteiger partial charge on any atom is -0.382 e. The average Bonchev–Trinajstić information content (AvgIpc) is 3.61. The Hall–Kier alpha value is -3.37. The number of nitrogens with zero attached hydrogens (tertiary/aromatic N) is 5. The molecule has 1 atom stereocenters. The molecule has 2 aliphatic rings. The summed E-state index contributed by atoms with van der Waals surface area (Å²) in [7, 11) is 0. The molecule has 6 rings (SSSR count). The van der Waals surface area contributed by atoms with E-state index in [2.05, 4.69) is 30.0 Å². The number of benzene rings is 1. The quantitative estimate of drug-likeness (QED) is 0.416. The van der Waals surface area contributed by atoms with Crippen LogP contribution in [0, 0.1) is 11.7 Å². The molecule has 176 valence electrons. The summed E-state index contributed by atoms with van der Waals surface area (Å²) in [5, 5.41) is 7.54. The lowest BCUT2D eigenvalue weighted by atomic mass is 9.90. The van der Waals surface area contributed by atoms with Crippen LogP contribution in [0.4, 0.5) is 10.2 Å². The molecule has 9 nitrogen and oxygen atoms in total. The van der Waals surface area contributed by atoms with Crippen molar-refractivity contribution in [1.82, 2.24) is 35.0 Å². The van der Waals surface area contributed by atoms with Crippen molar-refractivity contribution in [1.29, 1.82) is 0 Å². The van der Waals surface area contributed by atoms with Gasteiger partial charge < -0.3 is 20.4 Å². The molecule has 2 aliphatic heterocycles. The molecule has 0 saturated carbocycles. The van der Waals surface area contributed by atoms with Gasteiger partial charge in [0.05, 0.1) is 35.7 Å². The van der Waals surface area contributed by atoms with Gasteiger partial charge in [-0.05, 0) is 56.5 Å². The van der Waals surface area contributed by atoms with Gasteiger partial charge in [-0.2, -0.15) is 5.10 Å². The second kappa shape index (κ2) is 8.77. The first-order valence-corrected chi connectivity index (χ1v) is 11.8. The number of nitrogens with two attached hydrogens (primary N) is 1. The fourth-order valence-corrected chi connectivity index (χ4v) is 5.10. The van der Waals surface area contributed by atoms with Crippen molar-refractivity contribution >= 4 is 16.9 Å². The van der Waals surface area contributed by atoms with E-state index in [1.54, 1.807) is 18.5 Å². The number of imidazole rings is 1. The number of piperidine rings is 1. The van der Waals surface area contributed by atoms with Crippen LogP contribution in [0.3, 0.4) is 0 Å². The lowest BCUT2D eigenvalue weighted by Gasteiger charge is -2.33. The molecular formula is C24H27FN8O. The number of fused-ring (bicyclic) bond motifs is 1. The van der Waals surface area contributed by atoms with Crippen LogP contribution in [0.5, 0.6) is 0 Å². The Morgan fingerprint density at radius 3 is 2.85 bits per heavy atom. The van der Waals surface area contributed by atoms with E-state index in [4.69, 9.17) is 15.5 Å². The summed E-state index contributed by atoms with van der Waals surface area (Å²) >= 11 is 0. The van der Waals surface area contributed by atoms with Gasteiger partial charge in [0.2, 0.25) is 0 Å². The van der Waals surface area contributed by atoms with Gasteiger partial charge >= 0.3 is 0 Å². The van der Waals surface area contributed by atoms with Crippen LogP contribution in [0.2, 0.25) is 0 Å². The Balaban J connectivity index is 1.24. The molecule has 1 unspecified atom stereocenters. The number of anilines is 1. The first kappa shape index (κ1) is 21.2. The number of halogens is 1. The lowest BCUT2D eigenvalue weighted by molar-refractivity contribution is 0.151. The van der Waals surface area contributed by atoms with Crippen LogP contribution < -0.4 is 5.73 Å². The van der Waals surface area contributed by atoms with E-state index in [0.717, 1.165) is 56.9 Å². The van der Waals surface area contributed by atoms with E-state index >= 15 is 0 Å². The number of nitrogen functional groups attached to an aromatic ring is 1. The number of rotatable bonds is 5. The van der Waals surface area contributed by atoms with E-state index in [1.165, 1.54) is 18.6 Å². The molecule has 5 heterocycles. The largest absolute Gasteiger partial charge is 0.382 e. The van der Waals surface area contributed by atoms with Crippen LogP contribution in [0.15, 0.2) is 30.6 Å². The molecule has 3 aromatic heterocycles. The SMILES string of the molecule is Nc1ncc(-c2cn[nH]c2C2CCN(CC3CCOC3)CC2)nc1-c1nc2ccc(F)cc2[nH]1. The van der Waals surface area contributed by atoms with Crippen LogP contribution >= 0.6 is 0 Å². The van der Waals surface area contributed by atoms with Crippen molar-refractivity contribution < 1.29 is 9.13 Å². The first-order valence-electron chi connectivity index (χ1n) is 11.8. The number of likely N-dealkylation sites (tertiary alicyclic amines) is 1. The van der Waals surface area contributed by atoms with Crippen LogP contribution in [-0.4, -0.2) is 67.9 Å².